The van der Waals surface area contributed by atoms with E-state index in [1.165, 1.54) is 29.7 Å². The molecule has 2 bridgehead atoms. The molecule has 1 aromatic heterocycles. The quantitative estimate of drug-likeness (QED) is 0.916. The average molecular weight is 313 g/mol. The monoisotopic (exact) mass is 313 g/mol. The van der Waals surface area contributed by atoms with E-state index in [0.717, 1.165) is 16.9 Å². The maximum Gasteiger partial charge on any atom is 0.280 e. The zero-order valence-corrected chi connectivity index (χ0v) is 13.3. The van der Waals surface area contributed by atoms with Crippen LogP contribution in [0, 0.1) is 6.92 Å². The van der Waals surface area contributed by atoms with Crippen LogP contribution in [0.15, 0.2) is 30.5 Å². The summed E-state index contributed by atoms with van der Waals surface area (Å²) in [7, 11) is 0. The third-order valence-electron chi connectivity index (χ3n) is 4.62. The van der Waals surface area contributed by atoms with Crippen molar-refractivity contribution in [3.63, 3.8) is 0 Å². The van der Waals surface area contributed by atoms with Gasteiger partial charge >= 0.3 is 0 Å². The van der Waals surface area contributed by atoms with Crippen molar-refractivity contribution in [2.45, 2.75) is 44.3 Å². The van der Waals surface area contributed by atoms with Gasteiger partial charge in [0.2, 0.25) is 0 Å². The molecule has 1 aromatic carbocycles. The number of thiazole rings is 1. The summed E-state index contributed by atoms with van der Waals surface area (Å²) in [5.74, 6) is -0.0387. The molecule has 0 saturated carbocycles. The minimum Gasteiger partial charge on any atom is -0.346 e. The van der Waals surface area contributed by atoms with Crippen molar-refractivity contribution >= 4 is 17.2 Å². The molecule has 3 heterocycles. The lowest BCUT2D eigenvalue weighted by atomic mass is 9.95. The van der Waals surface area contributed by atoms with E-state index in [1.54, 1.807) is 6.20 Å². The summed E-state index contributed by atoms with van der Waals surface area (Å²) in [6.07, 6.45) is 5.26. The SMILES string of the molecule is Cc1cccc(-c2cnc(C(=O)N[C@@H]3C[C@H]4CC[C@@H]3N4)s2)c1. The Bertz CT molecular complexity index is 711. The second-order valence-corrected chi connectivity index (χ2v) is 7.29. The smallest absolute Gasteiger partial charge is 0.280 e. The number of amides is 1. The van der Waals surface area contributed by atoms with Crippen molar-refractivity contribution < 1.29 is 4.79 Å². The van der Waals surface area contributed by atoms with Crippen LogP contribution in [-0.4, -0.2) is 29.0 Å². The Hall–Kier alpha value is -1.72. The summed E-state index contributed by atoms with van der Waals surface area (Å²) in [6.45, 7) is 2.07. The van der Waals surface area contributed by atoms with Crippen molar-refractivity contribution in [3.8, 4) is 10.4 Å². The largest absolute Gasteiger partial charge is 0.346 e. The van der Waals surface area contributed by atoms with Gasteiger partial charge in [-0.15, -0.1) is 11.3 Å². The first-order valence-electron chi connectivity index (χ1n) is 7.79. The fourth-order valence-corrected chi connectivity index (χ4v) is 4.34. The van der Waals surface area contributed by atoms with Gasteiger partial charge in [-0.1, -0.05) is 29.8 Å². The second kappa shape index (κ2) is 5.48. The van der Waals surface area contributed by atoms with E-state index < -0.39 is 0 Å². The first-order valence-corrected chi connectivity index (χ1v) is 8.60. The molecule has 0 unspecified atom stereocenters. The van der Waals surface area contributed by atoms with Crippen LogP contribution in [0.1, 0.15) is 34.6 Å². The molecule has 4 nitrogen and oxygen atoms in total. The lowest BCUT2D eigenvalue weighted by Crippen LogP contribution is -2.42. The van der Waals surface area contributed by atoms with Crippen LogP contribution in [0.25, 0.3) is 10.4 Å². The molecule has 2 N–H and O–H groups in total. The standard InChI is InChI=1S/C17H19N3OS/c1-10-3-2-4-11(7-10)15-9-18-17(22-15)16(21)20-14-8-12-5-6-13(14)19-12/h2-4,7,9,12-14,19H,5-6,8H2,1H3,(H,20,21)/t12-,13+,14-/m1/s1. The van der Waals surface area contributed by atoms with E-state index in [-0.39, 0.29) is 11.9 Å². The van der Waals surface area contributed by atoms with Gasteiger partial charge in [0, 0.05) is 24.3 Å². The number of benzene rings is 1. The van der Waals surface area contributed by atoms with Crippen LogP contribution in [0.3, 0.4) is 0 Å². The van der Waals surface area contributed by atoms with Crippen molar-refractivity contribution in [3.05, 3.63) is 41.0 Å². The van der Waals surface area contributed by atoms with E-state index in [2.05, 4.69) is 40.7 Å². The number of fused-ring (bicyclic) bond motifs is 2. The fraction of sp³-hybridized carbons (Fsp3) is 0.412. The highest BCUT2D eigenvalue weighted by molar-refractivity contribution is 7.16. The zero-order chi connectivity index (χ0) is 15.1. The van der Waals surface area contributed by atoms with Crippen LogP contribution in [0.2, 0.25) is 0 Å². The maximum absolute atomic E-state index is 12.4. The summed E-state index contributed by atoms with van der Waals surface area (Å²) in [4.78, 5) is 17.8. The van der Waals surface area contributed by atoms with E-state index in [4.69, 9.17) is 0 Å². The van der Waals surface area contributed by atoms with Crippen molar-refractivity contribution in [2.24, 2.45) is 0 Å². The number of carbonyl (C=O) groups is 1. The van der Waals surface area contributed by atoms with Crippen LogP contribution in [-0.2, 0) is 0 Å². The Morgan fingerprint density at radius 1 is 1.41 bits per heavy atom. The fourth-order valence-electron chi connectivity index (χ4n) is 3.52. The summed E-state index contributed by atoms with van der Waals surface area (Å²) < 4.78 is 0. The molecular formula is C17H19N3OS. The highest BCUT2D eigenvalue weighted by Gasteiger charge is 2.39. The van der Waals surface area contributed by atoms with Gasteiger partial charge in [0.25, 0.3) is 5.91 Å². The predicted molar refractivity (Wildman–Crippen MR) is 88.1 cm³/mol. The highest BCUT2D eigenvalue weighted by Crippen LogP contribution is 2.30. The lowest BCUT2D eigenvalue weighted by Gasteiger charge is -2.20. The molecule has 1 amide bonds. The third-order valence-corrected chi connectivity index (χ3v) is 5.66. The van der Waals surface area contributed by atoms with Crippen molar-refractivity contribution in [1.82, 2.24) is 15.6 Å². The maximum atomic E-state index is 12.4. The molecule has 5 heteroatoms. The van der Waals surface area contributed by atoms with Crippen molar-refractivity contribution in [1.29, 1.82) is 0 Å². The predicted octanol–water partition coefficient (Wildman–Crippen LogP) is 2.74. The van der Waals surface area contributed by atoms with Gasteiger partial charge in [-0.3, -0.25) is 4.79 Å². The number of nitrogens with zero attached hydrogens (tertiary/aromatic N) is 1. The molecule has 3 atom stereocenters. The Balaban J connectivity index is 1.48. The van der Waals surface area contributed by atoms with E-state index in [1.807, 2.05) is 6.07 Å². The molecule has 22 heavy (non-hydrogen) atoms. The third kappa shape index (κ3) is 2.55. The summed E-state index contributed by atoms with van der Waals surface area (Å²) >= 11 is 1.46. The summed E-state index contributed by atoms with van der Waals surface area (Å²) in [5.41, 5.74) is 2.34. The Labute approximate surface area is 134 Å². The molecule has 0 aliphatic carbocycles. The van der Waals surface area contributed by atoms with Gasteiger partial charge < -0.3 is 10.6 Å². The number of aromatic nitrogens is 1. The van der Waals surface area contributed by atoms with Gasteiger partial charge in [0.05, 0.1) is 4.88 Å². The first-order chi connectivity index (χ1) is 10.7. The molecule has 2 saturated heterocycles. The van der Waals surface area contributed by atoms with Crippen LogP contribution in [0.5, 0.6) is 0 Å². The molecule has 0 radical (unpaired) electrons. The van der Waals surface area contributed by atoms with Gasteiger partial charge in [0.15, 0.2) is 5.01 Å². The molecule has 2 aliphatic rings. The Kier molecular flexibility index (Phi) is 3.47. The second-order valence-electron chi connectivity index (χ2n) is 6.26. The summed E-state index contributed by atoms with van der Waals surface area (Å²) in [6, 6.07) is 9.58. The number of aryl methyl sites for hydroxylation is 1. The Morgan fingerprint density at radius 2 is 2.32 bits per heavy atom. The molecule has 4 rings (SSSR count). The molecular weight excluding hydrogens is 294 g/mol. The van der Waals surface area contributed by atoms with Gasteiger partial charge in [-0.2, -0.15) is 0 Å². The number of rotatable bonds is 3. The summed E-state index contributed by atoms with van der Waals surface area (Å²) in [5, 5.41) is 7.24. The number of hydrogen-bond donors (Lipinski definition) is 2. The van der Waals surface area contributed by atoms with Crippen LogP contribution >= 0.6 is 11.3 Å². The number of nitrogens with one attached hydrogen (secondary N) is 2. The minimum atomic E-state index is -0.0387. The molecule has 0 spiro atoms. The molecule has 114 valence electrons. The lowest BCUT2D eigenvalue weighted by molar-refractivity contribution is 0.0930. The highest BCUT2D eigenvalue weighted by atomic mass is 32.1. The number of hydrogen-bond acceptors (Lipinski definition) is 4. The van der Waals surface area contributed by atoms with E-state index >= 15 is 0 Å². The first kappa shape index (κ1) is 13.9. The van der Waals surface area contributed by atoms with Gasteiger partial charge in [-0.25, -0.2) is 4.98 Å². The zero-order valence-electron chi connectivity index (χ0n) is 12.5. The van der Waals surface area contributed by atoms with Crippen LogP contribution < -0.4 is 10.6 Å². The topological polar surface area (TPSA) is 54.0 Å². The minimum absolute atomic E-state index is 0.0387. The van der Waals surface area contributed by atoms with Gasteiger partial charge in [-0.05, 0) is 31.7 Å². The normalized spacial score (nSPS) is 26.3. The van der Waals surface area contributed by atoms with Gasteiger partial charge in [0.1, 0.15) is 0 Å². The molecule has 2 aromatic rings. The average Bonchev–Trinajstić information content (AvgIpc) is 3.23. The molecule has 2 aliphatic heterocycles. The van der Waals surface area contributed by atoms with Crippen molar-refractivity contribution in [2.75, 3.05) is 0 Å². The number of carbonyl (C=O) groups excluding carboxylic acids is 1. The van der Waals surface area contributed by atoms with E-state index in [9.17, 15) is 4.79 Å². The molecule has 2 fully saturated rings. The van der Waals surface area contributed by atoms with Crippen LogP contribution in [0.4, 0.5) is 0 Å². The Morgan fingerprint density at radius 3 is 3.05 bits per heavy atom. The van der Waals surface area contributed by atoms with E-state index in [0.29, 0.717) is 17.1 Å².